The molecule has 16 heteroatoms. The zero-order valence-electron chi connectivity index (χ0n) is 23.5. The van der Waals surface area contributed by atoms with E-state index in [-0.39, 0.29) is 30.4 Å². The second kappa shape index (κ2) is 18.0. The minimum atomic E-state index is -1.87. The van der Waals surface area contributed by atoms with Gasteiger partial charge in [0.1, 0.15) is 6.04 Å². The van der Waals surface area contributed by atoms with Crippen molar-refractivity contribution in [3.63, 3.8) is 0 Å². The van der Waals surface area contributed by atoms with Crippen LogP contribution in [0.25, 0.3) is 5.69 Å². The van der Waals surface area contributed by atoms with Crippen molar-refractivity contribution in [3.05, 3.63) is 41.7 Å². The molecule has 2 rings (SSSR count). The molecule has 0 radical (unpaired) electrons. The van der Waals surface area contributed by atoms with Crippen LogP contribution in [0.3, 0.4) is 0 Å². The first-order valence-electron chi connectivity index (χ1n) is 13.8. The van der Waals surface area contributed by atoms with E-state index >= 15 is 0 Å². The number of aryl methyl sites for hydroxylation is 2. The van der Waals surface area contributed by atoms with E-state index in [9.17, 15) is 38.7 Å². The van der Waals surface area contributed by atoms with Crippen LogP contribution in [0.5, 0.6) is 0 Å². The molecule has 1 heterocycles. The lowest BCUT2D eigenvalue weighted by atomic mass is 10.1. The van der Waals surface area contributed by atoms with Gasteiger partial charge in [0.05, 0.1) is 24.3 Å². The topological polar surface area (TPSA) is 224 Å². The van der Waals surface area contributed by atoms with Crippen LogP contribution in [-0.2, 0) is 32.0 Å². The Morgan fingerprint density at radius 2 is 1.63 bits per heavy atom. The Balaban J connectivity index is 1.67. The highest BCUT2D eigenvalue weighted by Gasteiger charge is 2.31. The second-order valence-corrected chi connectivity index (χ2v) is 9.78. The van der Waals surface area contributed by atoms with Crippen molar-refractivity contribution in [1.82, 2.24) is 30.7 Å². The summed E-state index contributed by atoms with van der Waals surface area (Å²) in [6, 6.07) is 2.95. The van der Waals surface area contributed by atoms with Crippen LogP contribution in [-0.4, -0.2) is 95.7 Å². The molecule has 0 aliphatic heterocycles. The number of carboxylic acids is 3. The van der Waals surface area contributed by atoms with Crippen molar-refractivity contribution >= 4 is 29.8 Å². The number of nitrogens with zero attached hydrogens (tertiary/aromatic N) is 4. The third kappa shape index (κ3) is 12.4. The molecule has 0 aliphatic rings. The summed E-state index contributed by atoms with van der Waals surface area (Å²) in [6.45, 7) is -0.125. The molecule has 2 unspecified atom stereocenters. The molecule has 2 atom stereocenters. The Labute approximate surface area is 246 Å². The maximum atomic E-state index is 12.3. The molecule has 236 valence electrons. The lowest BCUT2D eigenvalue weighted by Crippen LogP contribution is -2.52. The van der Waals surface area contributed by atoms with Gasteiger partial charge in [-0.05, 0) is 69.1 Å². The summed E-state index contributed by atoms with van der Waals surface area (Å²) < 4.78 is 14.0. The minimum Gasteiger partial charge on any atom is -0.481 e. The number of nitrogens with one attached hydrogen (secondary N) is 2. The van der Waals surface area contributed by atoms with Gasteiger partial charge in [-0.25, -0.2) is 19.1 Å². The lowest BCUT2D eigenvalue weighted by molar-refractivity contribution is -0.158. The van der Waals surface area contributed by atoms with Crippen LogP contribution in [0.4, 0.5) is 9.18 Å². The van der Waals surface area contributed by atoms with E-state index in [1.807, 2.05) is 29.6 Å². The smallest absolute Gasteiger partial charge is 0.342 e. The Hall–Kier alpha value is -4.60. The largest absolute Gasteiger partial charge is 0.481 e. The van der Waals surface area contributed by atoms with E-state index in [0.717, 1.165) is 16.9 Å². The molecule has 6 N–H and O–H groups in total. The van der Waals surface area contributed by atoms with Crippen molar-refractivity contribution < 1.29 is 48.9 Å². The standard InChI is InChI=1S/C27H37FN6O9/c28-15-4-6-19-17-33(32-31-19)20-11-9-18(10-12-20)5-3-8-23(35)29-16-2-1-7-21(25(38)39)30-27(42)34(43)22(26(40)41)13-14-24(36)37/h9-12,17,21-22,43H,1-8,13-16H2,(H,29,35)(H,30,42)(H,36,37)(H,38,39)(H,40,41). The number of aromatic nitrogens is 3. The predicted molar refractivity (Wildman–Crippen MR) is 147 cm³/mol. The maximum absolute atomic E-state index is 12.3. The highest BCUT2D eigenvalue weighted by atomic mass is 19.1. The van der Waals surface area contributed by atoms with Gasteiger partial charge in [-0.1, -0.05) is 17.3 Å². The van der Waals surface area contributed by atoms with Crippen molar-refractivity contribution in [2.75, 3.05) is 13.2 Å². The summed E-state index contributed by atoms with van der Waals surface area (Å²) in [6.07, 6.45) is 3.70. The first-order valence-corrected chi connectivity index (χ1v) is 13.8. The van der Waals surface area contributed by atoms with Crippen LogP contribution in [0.15, 0.2) is 30.5 Å². The zero-order chi connectivity index (χ0) is 31.8. The lowest BCUT2D eigenvalue weighted by Gasteiger charge is -2.24. The van der Waals surface area contributed by atoms with Gasteiger partial charge in [-0.2, -0.15) is 5.06 Å². The normalized spacial score (nSPS) is 12.2. The molecule has 1 aromatic heterocycles. The number of rotatable bonds is 20. The molecule has 0 saturated carbocycles. The number of aliphatic carboxylic acids is 3. The number of alkyl halides is 1. The Morgan fingerprint density at radius 3 is 2.26 bits per heavy atom. The number of unbranched alkanes of at least 4 members (excludes halogenated alkanes) is 1. The van der Waals surface area contributed by atoms with Gasteiger partial charge in [0.15, 0.2) is 6.04 Å². The molecule has 0 bridgehead atoms. The van der Waals surface area contributed by atoms with E-state index in [1.54, 1.807) is 10.9 Å². The third-order valence-corrected chi connectivity index (χ3v) is 6.44. The number of carbonyl (C=O) groups is 5. The molecular weight excluding hydrogens is 571 g/mol. The second-order valence-electron chi connectivity index (χ2n) is 9.78. The minimum absolute atomic E-state index is 0.0544. The average Bonchev–Trinajstić information content (AvgIpc) is 3.44. The number of hydroxylamine groups is 2. The summed E-state index contributed by atoms with van der Waals surface area (Å²) in [5.41, 5.74) is 2.57. The number of amides is 3. The number of benzene rings is 1. The summed E-state index contributed by atoms with van der Waals surface area (Å²) >= 11 is 0. The number of halogens is 1. The fraction of sp³-hybridized carbons (Fsp3) is 0.519. The summed E-state index contributed by atoms with van der Waals surface area (Å²) in [5, 5.41) is 49.7. The highest BCUT2D eigenvalue weighted by Crippen LogP contribution is 2.13. The van der Waals surface area contributed by atoms with Gasteiger partial charge in [0, 0.05) is 19.4 Å². The van der Waals surface area contributed by atoms with Gasteiger partial charge in [0.25, 0.3) is 0 Å². The molecule has 0 fully saturated rings. The molecule has 2 aromatic rings. The Bertz CT molecular complexity index is 1220. The van der Waals surface area contributed by atoms with Crippen molar-refractivity contribution in [1.29, 1.82) is 0 Å². The fourth-order valence-electron chi connectivity index (χ4n) is 4.07. The highest BCUT2D eigenvalue weighted by molar-refractivity contribution is 5.85. The van der Waals surface area contributed by atoms with Gasteiger partial charge >= 0.3 is 23.9 Å². The number of urea groups is 1. The zero-order valence-corrected chi connectivity index (χ0v) is 23.5. The van der Waals surface area contributed by atoms with Gasteiger partial charge in [0.2, 0.25) is 5.91 Å². The van der Waals surface area contributed by atoms with E-state index in [2.05, 4.69) is 15.6 Å². The van der Waals surface area contributed by atoms with E-state index in [1.165, 1.54) is 0 Å². The van der Waals surface area contributed by atoms with E-state index in [4.69, 9.17) is 10.2 Å². The van der Waals surface area contributed by atoms with Gasteiger partial charge in [-0.3, -0.25) is 19.2 Å². The van der Waals surface area contributed by atoms with Crippen molar-refractivity contribution in [3.8, 4) is 5.69 Å². The van der Waals surface area contributed by atoms with E-state index < -0.39 is 55.5 Å². The molecule has 0 saturated heterocycles. The SMILES string of the molecule is O=C(O)CCC(C(=O)O)N(O)C(=O)NC(CCCCNC(=O)CCCc1ccc(-n2cc(CCCF)nn2)cc1)C(=O)O. The van der Waals surface area contributed by atoms with Crippen molar-refractivity contribution in [2.24, 2.45) is 0 Å². The van der Waals surface area contributed by atoms with Gasteiger partial charge < -0.3 is 26.0 Å². The van der Waals surface area contributed by atoms with Crippen LogP contribution < -0.4 is 10.6 Å². The molecule has 43 heavy (non-hydrogen) atoms. The molecule has 15 nitrogen and oxygen atoms in total. The maximum Gasteiger partial charge on any atom is 0.342 e. The predicted octanol–water partition coefficient (Wildman–Crippen LogP) is 1.95. The van der Waals surface area contributed by atoms with Crippen molar-refractivity contribution in [2.45, 2.75) is 76.3 Å². The van der Waals surface area contributed by atoms with Gasteiger partial charge in [-0.15, -0.1) is 5.10 Å². The quantitative estimate of drug-likeness (QED) is 0.0723. The van der Waals surface area contributed by atoms with E-state index in [0.29, 0.717) is 38.5 Å². The number of carboxylic acid groups (broad SMARTS) is 3. The number of hydrogen-bond acceptors (Lipinski definition) is 8. The summed E-state index contributed by atoms with van der Waals surface area (Å²) in [7, 11) is 0. The summed E-state index contributed by atoms with van der Waals surface area (Å²) in [4.78, 5) is 57.8. The Kier molecular flexibility index (Phi) is 14.5. The average molecular weight is 609 g/mol. The monoisotopic (exact) mass is 608 g/mol. The fourth-order valence-corrected chi connectivity index (χ4v) is 4.07. The summed E-state index contributed by atoms with van der Waals surface area (Å²) in [5.74, 6) is -4.55. The van der Waals surface area contributed by atoms with Crippen LogP contribution in [0.1, 0.15) is 62.6 Å². The first-order chi connectivity index (χ1) is 20.5. The molecule has 1 aromatic carbocycles. The molecule has 3 amide bonds. The van der Waals surface area contributed by atoms with Crippen LogP contribution >= 0.6 is 0 Å². The molecular formula is C27H37FN6O9. The molecule has 0 aliphatic carbocycles. The number of hydrogen-bond donors (Lipinski definition) is 6. The third-order valence-electron chi connectivity index (χ3n) is 6.44. The Morgan fingerprint density at radius 1 is 0.907 bits per heavy atom. The number of carbonyl (C=O) groups excluding carboxylic acids is 2. The van der Waals surface area contributed by atoms with Crippen LogP contribution in [0, 0.1) is 0 Å². The van der Waals surface area contributed by atoms with Crippen LogP contribution in [0.2, 0.25) is 0 Å². The first kappa shape index (κ1) is 34.6. The molecule has 0 spiro atoms.